The molecule has 1 unspecified atom stereocenters. The molecule has 0 saturated carbocycles. The molecule has 0 aliphatic heterocycles. The minimum Gasteiger partial charge on any atom is -0.386 e. The van der Waals surface area contributed by atoms with Crippen LogP contribution in [0.1, 0.15) is 35.0 Å². The van der Waals surface area contributed by atoms with Gasteiger partial charge in [0.25, 0.3) is 0 Å². The number of aromatic nitrogens is 2. The molecule has 3 nitrogen and oxygen atoms in total. The lowest BCUT2D eigenvalue weighted by Crippen LogP contribution is -2.07. The van der Waals surface area contributed by atoms with Gasteiger partial charge in [0, 0.05) is 18.0 Å². The summed E-state index contributed by atoms with van der Waals surface area (Å²) < 4.78 is 0. The monoisotopic (exact) mass is 248 g/mol. The quantitative estimate of drug-likeness (QED) is 0.905. The van der Waals surface area contributed by atoms with E-state index in [9.17, 15) is 5.11 Å². The van der Waals surface area contributed by atoms with Crippen LogP contribution in [0.15, 0.2) is 23.7 Å². The number of aliphatic hydroxyl groups is 1. The Labute approximate surface area is 105 Å². The first-order valence-electron chi connectivity index (χ1n) is 5.73. The van der Waals surface area contributed by atoms with Gasteiger partial charge in [-0.25, -0.2) is 4.98 Å². The third kappa shape index (κ3) is 2.90. The van der Waals surface area contributed by atoms with E-state index >= 15 is 0 Å². The van der Waals surface area contributed by atoms with Crippen LogP contribution in [-0.4, -0.2) is 15.1 Å². The Morgan fingerprint density at radius 1 is 1.47 bits per heavy atom. The van der Waals surface area contributed by atoms with Crippen molar-refractivity contribution in [2.75, 3.05) is 0 Å². The molecule has 0 bridgehead atoms. The van der Waals surface area contributed by atoms with Crippen molar-refractivity contribution in [3.8, 4) is 0 Å². The van der Waals surface area contributed by atoms with Gasteiger partial charge in [-0.15, -0.1) is 11.3 Å². The van der Waals surface area contributed by atoms with E-state index in [1.807, 2.05) is 24.4 Å². The van der Waals surface area contributed by atoms with Gasteiger partial charge in [0.1, 0.15) is 6.10 Å². The average Bonchev–Trinajstić information content (AvgIpc) is 2.74. The second kappa shape index (κ2) is 5.38. The third-order valence-electron chi connectivity index (χ3n) is 2.69. The second-order valence-corrected chi connectivity index (χ2v) is 5.04. The maximum atomic E-state index is 10.2. The highest BCUT2D eigenvalue weighted by Gasteiger charge is 2.14. The van der Waals surface area contributed by atoms with Gasteiger partial charge in [0.05, 0.1) is 16.4 Å². The molecule has 2 rings (SSSR count). The van der Waals surface area contributed by atoms with Gasteiger partial charge < -0.3 is 5.11 Å². The Kier molecular flexibility index (Phi) is 3.86. The summed E-state index contributed by atoms with van der Waals surface area (Å²) in [7, 11) is 0. The number of hydrogen-bond donors (Lipinski definition) is 1. The molecule has 0 aliphatic rings. The Hall–Kier alpha value is -1.26. The standard InChI is InChI=1S/C13H16N2OS/c1-3-10-5-4-6-14-13(10)12(16)7-11-8-17-9(2)15-11/h4-6,8,12,16H,3,7H2,1-2H3. The minimum absolute atomic E-state index is 0.536. The van der Waals surface area contributed by atoms with Crippen molar-refractivity contribution in [1.82, 2.24) is 9.97 Å². The van der Waals surface area contributed by atoms with Crippen molar-refractivity contribution in [2.45, 2.75) is 32.8 Å². The summed E-state index contributed by atoms with van der Waals surface area (Å²) in [6, 6.07) is 3.92. The fraction of sp³-hybridized carbons (Fsp3) is 0.385. The highest BCUT2D eigenvalue weighted by atomic mass is 32.1. The molecule has 0 fully saturated rings. The van der Waals surface area contributed by atoms with Gasteiger partial charge in [0.15, 0.2) is 0 Å². The van der Waals surface area contributed by atoms with E-state index in [0.717, 1.165) is 28.4 Å². The SMILES string of the molecule is CCc1cccnc1C(O)Cc1csc(C)n1. The molecule has 2 heterocycles. The van der Waals surface area contributed by atoms with Crippen LogP contribution in [0.2, 0.25) is 0 Å². The van der Waals surface area contributed by atoms with Crippen LogP contribution in [0.25, 0.3) is 0 Å². The van der Waals surface area contributed by atoms with Crippen molar-refractivity contribution in [2.24, 2.45) is 0 Å². The fourth-order valence-corrected chi connectivity index (χ4v) is 2.47. The van der Waals surface area contributed by atoms with Gasteiger partial charge in [-0.2, -0.15) is 0 Å². The summed E-state index contributed by atoms with van der Waals surface area (Å²) in [5.41, 5.74) is 2.82. The van der Waals surface area contributed by atoms with E-state index < -0.39 is 6.10 Å². The molecule has 0 saturated heterocycles. The largest absolute Gasteiger partial charge is 0.386 e. The molecule has 17 heavy (non-hydrogen) atoms. The van der Waals surface area contributed by atoms with E-state index in [1.54, 1.807) is 17.5 Å². The first-order valence-corrected chi connectivity index (χ1v) is 6.61. The summed E-state index contributed by atoms with van der Waals surface area (Å²) in [5.74, 6) is 0. The second-order valence-electron chi connectivity index (χ2n) is 3.98. The van der Waals surface area contributed by atoms with Crippen LogP contribution in [0.5, 0.6) is 0 Å². The first kappa shape index (κ1) is 12.2. The van der Waals surface area contributed by atoms with Gasteiger partial charge >= 0.3 is 0 Å². The molecule has 90 valence electrons. The lowest BCUT2D eigenvalue weighted by atomic mass is 10.0. The van der Waals surface area contributed by atoms with Crippen LogP contribution >= 0.6 is 11.3 Å². The molecule has 0 aromatic carbocycles. The number of rotatable bonds is 4. The van der Waals surface area contributed by atoms with E-state index in [2.05, 4.69) is 16.9 Å². The van der Waals surface area contributed by atoms with Crippen LogP contribution < -0.4 is 0 Å². The molecule has 0 aliphatic carbocycles. The van der Waals surface area contributed by atoms with Gasteiger partial charge in [-0.1, -0.05) is 13.0 Å². The van der Waals surface area contributed by atoms with E-state index in [0.29, 0.717) is 6.42 Å². The number of aliphatic hydroxyl groups excluding tert-OH is 1. The van der Waals surface area contributed by atoms with Crippen LogP contribution in [0.4, 0.5) is 0 Å². The molecular formula is C13H16N2OS. The molecular weight excluding hydrogens is 232 g/mol. The number of pyridine rings is 1. The highest BCUT2D eigenvalue weighted by molar-refractivity contribution is 7.09. The summed E-state index contributed by atoms with van der Waals surface area (Å²) in [6.07, 6.45) is 2.59. The Bertz CT molecular complexity index is 496. The first-order chi connectivity index (χ1) is 8.20. The average molecular weight is 248 g/mol. The molecule has 4 heteroatoms. The highest BCUT2D eigenvalue weighted by Crippen LogP contribution is 2.21. The van der Waals surface area contributed by atoms with Crippen molar-refractivity contribution < 1.29 is 5.11 Å². The van der Waals surface area contributed by atoms with Gasteiger partial charge in [0.2, 0.25) is 0 Å². The number of hydrogen-bond acceptors (Lipinski definition) is 4. The van der Waals surface area contributed by atoms with Crippen molar-refractivity contribution in [3.05, 3.63) is 45.7 Å². The summed E-state index contributed by atoms with van der Waals surface area (Å²) in [6.45, 7) is 4.04. The number of nitrogens with zero attached hydrogens (tertiary/aromatic N) is 2. The fourth-order valence-electron chi connectivity index (χ4n) is 1.85. The third-order valence-corrected chi connectivity index (χ3v) is 3.51. The van der Waals surface area contributed by atoms with Crippen LogP contribution in [-0.2, 0) is 12.8 Å². The van der Waals surface area contributed by atoms with Gasteiger partial charge in [-0.05, 0) is 25.0 Å². The molecule has 0 radical (unpaired) electrons. The predicted octanol–water partition coefficient (Wildman–Crippen LogP) is 2.69. The van der Waals surface area contributed by atoms with Crippen molar-refractivity contribution in [1.29, 1.82) is 0 Å². The van der Waals surface area contributed by atoms with Crippen LogP contribution in [0.3, 0.4) is 0 Å². The summed E-state index contributed by atoms with van der Waals surface area (Å²) >= 11 is 1.61. The zero-order chi connectivity index (χ0) is 12.3. The molecule has 0 spiro atoms. The lowest BCUT2D eigenvalue weighted by Gasteiger charge is -2.12. The number of aryl methyl sites for hydroxylation is 2. The summed E-state index contributed by atoms with van der Waals surface area (Å²) in [5, 5.41) is 13.2. The molecule has 1 N–H and O–H groups in total. The van der Waals surface area contributed by atoms with Gasteiger partial charge in [-0.3, -0.25) is 4.98 Å². The summed E-state index contributed by atoms with van der Waals surface area (Å²) in [4.78, 5) is 8.64. The molecule has 2 aromatic rings. The topological polar surface area (TPSA) is 46.0 Å². The zero-order valence-corrected chi connectivity index (χ0v) is 10.9. The minimum atomic E-state index is -0.562. The Morgan fingerprint density at radius 2 is 2.29 bits per heavy atom. The molecule has 2 aromatic heterocycles. The van der Waals surface area contributed by atoms with Crippen LogP contribution in [0, 0.1) is 6.92 Å². The smallest absolute Gasteiger partial charge is 0.102 e. The van der Waals surface area contributed by atoms with E-state index in [1.165, 1.54) is 0 Å². The normalized spacial score (nSPS) is 12.6. The Balaban J connectivity index is 2.16. The lowest BCUT2D eigenvalue weighted by molar-refractivity contribution is 0.171. The number of thiazole rings is 1. The molecule has 0 amide bonds. The van der Waals surface area contributed by atoms with Crippen molar-refractivity contribution >= 4 is 11.3 Å². The predicted molar refractivity (Wildman–Crippen MR) is 69.1 cm³/mol. The maximum Gasteiger partial charge on any atom is 0.102 e. The molecule has 1 atom stereocenters. The van der Waals surface area contributed by atoms with E-state index in [4.69, 9.17) is 0 Å². The van der Waals surface area contributed by atoms with Crippen molar-refractivity contribution in [3.63, 3.8) is 0 Å². The maximum absolute atomic E-state index is 10.2. The van der Waals surface area contributed by atoms with E-state index in [-0.39, 0.29) is 0 Å². The Morgan fingerprint density at radius 3 is 2.94 bits per heavy atom. The zero-order valence-electron chi connectivity index (χ0n) is 10.1.